The zero-order chi connectivity index (χ0) is 11.9. The molecule has 0 bridgehead atoms. The Kier molecular flexibility index (Phi) is 6.52. The van der Waals surface area contributed by atoms with Crippen molar-refractivity contribution in [2.75, 3.05) is 20.8 Å². The van der Waals surface area contributed by atoms with Crippen LogP contribution in [0.3, 0.4) is 0 Å². The molecule has 0 saturated carbocycles. The summed E-state index contributed by atoms with van der Waals surface area (Å²) in [5.41, 5.74) is -0.778. The molecule has 4 nitrogen and oxygen atoms in total. The molecule has 0 rings (SSSR count). The highest BCUT2D eigenvalue weighted by Gasteiger charge is 2.28. The molecular formula is C11H23NO3. The van der Waals surface area contributed by atoms with Crippen LogP contribution >= 0.6 is 0 Å². The minimum atomic E-state index is -0.778. The van der Waals surface area contributed by atoms with Gasteiger partial charge in [0.2, 0.25) is 0 Å². The summed E-state index contributed by atoms with van der Waals surface area (Å²) in [7, 11) is 3.17. The SMILES string of the molecule is CCCC(COC)NC(=O)C(C)(C)OC. The first-order valence-corrected chi connectivity index (χ1v) is 5.33. The van der Waals surface area contributed by atoms with Gasteiger partial charge in [0.15, 0.2) is 0 Å². The Hall–Kier alpha value is -0.610. The highest BCUT2D eigenvalue weighted by molar-refractivity contribution is 5.84. The second-order valence-electron chi connectivity index (χ2n) is 4.13. The first kappa shape index (κ1) is 14.4. The minimum absolute atomic E-state index is 0.0712. The van der Waals surface area contributed by atoms with Crippen molar-refractivity contribution < 1.29 is 14.3 Å². The summed E-state index contributed by atoms with van der Waals surface area (Å²) >= 11 is 0. The lowest BCUT2D eigenvalue weighted by molar-refractivity contribution is -0.140. The van der Waals surface area contributed by atoms with Crippen molar-refractivity contribution in [2.45, 2.75) is 45.3 Å². The molecule has 90 valence electrons. The first-order valence-electron chi connectivity index (χ1n) is 5.33. The molecule has 4 heteroatoms. The second-order valence-corrected chi connectivity index (χ2v) is 4.13. The molecule has 0 fully saturated rings. The average molecular weight is 217 g/mol. The van der Waals surface area contributed by atoms with E-state index in [4.69, 9.17) is 9.47 Å². The van der Waals surface area contributed by atoms with E-state index in [1.54, 1.807) is 21.0 Å². The molecule has 0 aliphatic rings. The van der Waals surface area contributed by atoms with Gasteiger partial charge in [-0.05, 0) is 20.3 Å². The lowest BCUT2D eigenvalue weighted by atomic mass is 10.1. The van der Waals surface area contributed by atoms with Crippen molar-refractivity contribution in [2.24, 2.45) is 0 Å². The summed E-state index contributed by atoms with van der Waals surface area (Å²) < 4.78 is 10.2. The molecule has 0 aliphatic heterocycles. The van der Waals surface area contributed by atoms with Gasteiger partial charge in [0.25, 0.3) is 5.91 Å². The number of hydrogen-bond donors (Lipinski definition) is 1. The Balaban J connectivity index is 4.21. The van der Waals surface area contributed by atoms with E-state index < -0.39 is 5.60 Å². The smallest absolute Gasteiger partial charge is 0.251 e. The summed E-state index contributed by atoms with van der Waals surface area (Å²) in [4.78, 5) is 11.8. The van der Waals surface area contributed by atoms with Crippen LogP contribution in [0.4, 0.5) is 0 Å². The van der Waals surface area contributed by atoms with Crippen LogP contribution in [-0.4, -0.2) is 38.4 Å². The summed E-state index contributed by atoms with van der Waals surface area (Å²) in [5, 5.41) is 2.92. The Labute approximate surface area is 92.3 Å². The predicted octanol–water partition coefficient (Wildman–Crippen LogP) is 1.34. The van der Waals surface area contributed by atoms with Crippen LogP contribution in [0.5, 0.6) is 0 Å². The average Bonchev–Trinajstić information content (AvgIpc) is 2.18. The van der Waals surface area contributed by atoms with Gasteiger partial charge >= 0.3 is 0 Å². The molecule has 1 unspecified atom stereocenters. The fourth-order valence-corrected chi connectivity index (χ4v) is 1.20. The minimum Gasteiger partial charge on any atom is -0.383 e. The van der Waals surface area contributed by atoms with Gasteiger partial charge in [-0.2, -0.15) is 0 Å². The largest absolute Gasteiger partial charge is 0.383 e. The van der Waals surface area contributed by atoms with Gasteiger partial charge in [-0.1, -0.05) is 13.3 Å². The summed E-state index contributed by atoms with van der Waals surface area (Å²) in [6.07, 6.45) is 1.93. The lowest BCUT2D eigenvalue weighted by Crippen LogP contribution is -2.49. The maximum Gasteiger partial charge on any atom is 0.251 e. The highest BCUT2D eigenvalue weighted by atomic mass is 16.5. The van der Waals surface area contributed by atoms with Gasteiger partial charge in [-0.25, -0.2) is 0 Å². The zero-order valence-corrected chi connectivity index (χ0v) is 10.4. The summed E-state index contributed by atoms with van der Waals surface area (Å²) in [5.74, 6) is -0.0968. The van der Waals surface area contributed by atoms with E-state index in [0.717, 1.165) is 12.8 Å². The molecule has 0 saturated heterocycles. The van der Waals surface area contributed by atoms with E-state index in [2.05, 4.69) is 12.2 Å². The summed E-state index contributed by atoms with van der Waals surface area (Å²) in [6.45, 7) is 6.12. The molecule has 1 amide bonds. The number of nitrogens with one attached hydrogen (secondary N) is 1. The quantitative estimate of drug-likeness (QED) is 0.700. The molecule has 0 radical (unpaired) electrons. The fraction of sp³-hybridized carbons (Fsp3) is 0.909. The van der Waals surface area contributed by atoms with Crippen molar-refractivity contribution >= 4 is 5.91 Å². The molecule has 1 N–H and O–H groups in total. The molecule has 0 spiro atoms. The van der Waals surface area contributed by atoms with E-state index in [9.17, 15) is 4.79 Å². The van der Waals surface area contributed by atoms with Gasteiger partial charge in [-0.3, -0.25) is 4.79 Å². The number of rotatable bonds is 7. The van der Waals surface area contributed by atoms with Crippen LogP contribution < -0.4 is 5.32 Å². The third kappa shape index (κ3) is 5.14. The van der Waals surface area contributed by atoms with Gasteiger partial charge in [-0.15, -0.1) is 0 Å². The van der Waals surface area contributed by atoms with Gasteiger partial charge in [0, 0.05) is 14.2 Å². The maximum atomic E-state index is 11.8. The van der Waals surface area contributed by atoms with Crippen LogP contribution in [0.25, 0.3) is 0 Å². The molecule has 15 heavy (non-hydrogen) atoms. The summed E-state index contributed by atoms with van der Waals surface area (Å²) in [6, 6.07) is 0.0712. The van der Waals surface area contributed by atoms with Crippen molar-refractivity contribution in [1.82, 2.24) is 5.32 Å². The number of ether oxygens (including phenoxy) is 2. The molecular weight excluding hydrogens is 194 g/mol. The Morgan fingerprint density at radius 2 is 2.00 bits per heavy atom. The first-order chi connectivity index (χ1) is 6.97. The Morgan fingerprint density at radius 3 is 2.40 bits per heavy atom. The molecule has 0 aliphatic carbocycles. The highest BCUT2D eigenvalue weighted by Crippen LogP contribution is 2.08. The van der Waals surface area contributed by atoms with Crippen molar-refractivity contribution in [1.29, 1.82) is 0 Å². The monoisotopic (exact) mass is 217 g/mol. The van der Waals surface area contributed by atoms with Crippen molar-refractivity contribution in [3.8, 4) is 0 Å². The molecule has 0 aromatic rings. The zero-order valence-electron chi connectivity index (χ0n) is 10.4. The van der Waals surface area contributed by atoms with Crippen LogP contribution in [0.1, 0.15) is 33.6 Å². The van der Waals surface area contributed by atoms with Crippen LogP contribution in [0.2, 0.25) is 0 Å². The molecule has 1 atom stereocenters. The lowest BCUT2D eigenvalue weighted by Gasteiger charge is -2.25. The maximum absolute atomic E-state index is 11.8. The van der Waals surface area contributed by atoms with E-state index in [1.165, 1.54) is 7.11 Å². The topological polar surface area (TPSA) is 47.6 Å². The molecule has 0 aromatic carbocycles. The Morgan fingerprint density at radius 1 is 1.40 bits per heavy atom. The number of methoxy groups -OCH3 is 2. The number of amides is 1. The van der Waals surface area contributed by atoms with E-state index in [1.807, 2.05) is 0 Å². The normalized spacial score (nSPS) is 13.7. The standard InChI is InChI=1S/C11H23NO3/c1-6-7-9(8-14-4)12-10(13)11(2,3)15-5/h9H,6-8H2,1-5H3,(H,12,13). The van der Waals surface area contributed by atoms with Crippen LogP contribution in [0.15, 0.2) is 0 Å². The second kappa shape index (κ2) is 6.80. The molecule has 0 heterocycles. The number of carbonyl (C=O) groups excluding carboxylic acids is 1. The van der Waals surface area contributed by atoms with Crippen LogP contribution in [0, 0.1) is 0 Å². The van der Waals surface area contributed by atoms with Crippen LogP contribution in [-0.2, 0) is 14.3 Å². The third-order valence-corrected chi connectivity index (χ3v) is 2.40. The van der Waals surface area contributed by atoms with Crippen molar-refractivity contribution in [3.63, 3.8) is 0 Å². The van der Waals surface area contributed by atoms with Crippen molar-refractivity contribution in [3.05, 3.63) is 0 Å². The van der Waals surface area contributed by atoms with Gasteiger partial charge in [0.05, 0.1) is 12.6 Å². The van der Waals surface area contributed by atoms with Gasteiger partial charge < -0.3 is 14.8 Å². The third-order valence-electron chi connectivity index (χ3n) is 2.40. The Bertz CT molecular complexity index is 186. The molecule has 0 aromatic heterocycles. The van der Waals surface area contributed by atoms with Gasteiger partial charge in [0.1, 0.15) is 5.60 Å². The predicted molar refractivity (Wildman–Crippen MR) is 59.8 cm³/mol. The van der Waals surface area contributed by atoms with E-state index in [-0.39, 0.29) is 11.9 Å². The number of hydrogen-bond acceptors (Lipinski definition) is 3. The van der Waals surface area contributed by atoms with E-state index in [0.29, 0.717) is 6.61 Å². The fourth-order valence-electron chi connectivity index (χ4n) is 1.20. The van der Waals surface area contributed by atoms with E-state index >= 15 is 0 Å². The number of carbonyl (C=O) groups is 1.